The number of likely N-dealkylation sites (tertiary alicyclic amines) is 1. The number of nitrogens with one attached hydrogen (secondary N) is 2. The number of hydrogen-bond acceptors (Lipinski definition) is 7. The maximum absolute atomic E-state index is 13.0. The number of rotatable bonds is 9. The van der Waals surface area contributed by atoms with E-state index in [-0.39, 0.29) is 12.0 Å². The number of hydrogen-bond donors (Lipinski definition) is 2. The number of ether oxygens (including phenoxy) is 2. The number of pyridine rings is 1. The normalized spacial score (nSPS) is 17.6. The lowest BCUT2D eigenvalue weighted by atomic mass is 10.1. The lowest BCUT2D eigenvalue weighted by Crippen LogP contribution is -2.29. The molecule has 1 unspecified atom stereocenters. The molecule has 1 aromatic heterocycles. The van der Waals surface area contributed by atoms with E-state index >= 15 is 0 Å². The van der Waals surface area contributed by atoms with Crippen molar-refractivity contribution in [2.75, 3.05) is 43.5 Å². The minimum Gasteiger partial charge on any atom is -0.486 e. The van der Waals surface area contributed by atoms with Gasteiger partial charge in [0, 0.05) is 42.4 Å². The van der Waals surface area contributed by atoms with Gasteiger partial charge >= 0.3 is 0 Å². The molecule has 0 bridgehead atoms. The number of amides is 1. The Bertz CT molecular complexity index is 1460. The Labute approximate surface area is 235 Å². The van der Waals surface area contributed by atoms with Gasteiger partial charge in [0.25, 0.3) is 0 Å². The fourth-order valence-electron chi connectivity index (χ4n) is 5.05. The number of allylic oxidation sites excluding steroid dienone is 1. The molecule has 0 saturated carbocycles. The Balaban J connectivity index is 1.48. The van der Waals surface area contributed by atoms with Crippen LogP contribution in [0.15, 0.2) is 61.3 Å². The largest absolute Gasteiger partial charge is 0.486 e. The number of benzene rings is 2. The van der Waals surface area contributed by atoms with Crippen LogP contribution >= 0.6 is 0 Å². The first kappa shape index (κ1) is 27.4. The molecule has 0 aliphatic carbocycles. The summed E-state index contributed by atoms with van der Waals surface area (Å²) < 4.78 is 11.8. The summed E-state index contributed by atoms with van der Waals surface area (Å²) in [5.74, 6) is 0.283. The molecule has 8 nitrogen and oxygen atoms in total. The van der Waals surface area contributed by atoms with Gasteiger partial charge in [0.05, 0.1) is 35.7 Å². The molecule has 1 amide bonds. The van der Waals surface area contributed by atoms with E-state index in [1.54, 1.807) is 12.3 Å². The van der Waals surface area contributed by atoms with Gasteiger partial charge in [-0.15, -0.1) is 0 Å². The van der Waals surface area contributed by atoms with E-state index in [0.29, 0.717) is 46.8 Å². The molecule has 8 heteroatoms. The van der Waals surface area contributed by atoms with Crippen molar-refractivity contribution in [1.29, 1.82) is 5.26 Å². The van der Waals surface area contributed by atoms with Crippen LogP contribution in [-0.4, -0.2) is 54.7 Å². The molecule has 40 heavy (non-hydrogen) atoms. The van der Waals surface area contributed by atoms with Crippen LogP contribution in [0.5, 0.6) is 5.75 Å². The van der Waals surface area contributed by atoms with Crippen LogP contribution in [0.1, 0.15) is 43.7 Å². The van der Waals surface area contributed by atoms with E-state index in [1.165, 1.54) is 19.3 Å². The van der Waals surface area contributed by atoms with Gasteiger partial charge in [-0.3, -0.25) is 14.7 Å². The van der Waals surface area contributed by atoms with Crippen molar-refractivity contribution in [3.63, 3.8) is 0 Å². The lowest BCUT2D eigenvalue weighted by molar-refractivity contribution is -0.111. The Hall–Kier alpha value is -4.19. The average Bonchev–Trinajstić information content (AvgIpc) is 3.47. The molecule has 1 atom stereocenters. The maximum atomic E-state index is 13.0. The van der Waals surface area contributed by atoms with Crippen molar-refractivity contribution in [2.24, 2.45) is 0 Å². The summed E-state index contributed by atoms with van der Waals surface area (Å²) >= 11 is 0. The first-order valence-corrected chi connectivity index (χ1v) is 13.8. The number of aromatic nitrogens is 1. The molecule has 0 spiro atoms. The number of carbonyl (C=O) groups excluding carboxylic acids is 1. The van der Waals surface area contributed by atoms with Gasteiger partial charge < -0.3 is 20.1 Å². The highest BCUT2D eigenvalue weighted by molar-refractivity contribution is 6.05. The summed E-state index contributed by atoms with van der Waals surface area (Å²) in [5.41, 5.74) is 4.93. The van der Waals surface area contributed by atoms with E-state index in [2.05, 4.69) is 33.2 Å². The highest BCUT2D eigenvalue weighted by Gasteiger charge is 2.21. The molecule has 2 saturated heterocycles. The highest BCUT2D eigenvalue weighted by Crippen LogP contribution is 2.37. The molecule has 2 aliphatic heterocycles. The van der Waals surface area contributed by atoms with Crippen LogP contribution in [0, 0.1) is 11.3 Å². The first-order valence-electron chi connectivity index (χ1n) is 13.8. The van der Waals surface area contributed by atoms with E-state index < -0.39 is 0 Å². The number of fused-ring (bicyclic) bond motifs is 1. The third kappa shape index (κ3) is 6.68. The Morgan fingerprint density at radius 3 is 2.88 bits per heavy atom. The van der Waals surface area contributed by atoms with Gasteiger partial charge in [-0.05, 0) is 56.6 Å². The maximum Gasteiger partial charge on any atom is 0.248 e. The smallest absolute Gasteiger partial charge is 0.248 e. The molecule has 2 fully saturated rings. The van der Waals surface area contributed by atoms with Crippen LogP contribution in [0.25, 0.3) is 16.5 Å². The molecule has 2 aliphatic rings. The molecule has 0 radical (unpaired) electrons. The van der Waals surface area contributed by atoms with Crippen molar-refractivity contribution >= 4 is 39.4 Å². The predicted molar refractivity (Wildman–Crippen MR) is 159 cm³/mol. The van der Waals surface area contributed by atoms with Gasteiger partial charge in [-0.1, -0.05) is 36.8 Å². The molecule has 3 aromatic rings. The highest BCUT2D eigenvalue weighted by atomic mass is 16.5. The Kier molecular flexibility index (Phi) is 8.74. The molecule has 5 rings (SSSR count). The van der Waals surface area contributed by atoms with Crippen LogP contribution < -0.4 is 15.4 Å². The summed E-state index contributed by atoms with van der Waals surface area (Å²) in [6.07, 6.45) is 9.38. The predicted octanol–water partition coefficient (Wildman–Crippen LogP) is 6.03. The van der Waals surface area contributed by atoms with Crippen LogP contribution in [-0.2, 0) is 9.53 Å². The monoisotopic (exact) mass is 537 g/mol. The third-order valence-corrected chi connectivity index (χ3v) is 7.24. The van der Waals surface area contributed by atoms with E-state index in [1.807, 2.05) is 49.4 Å². The second-order valence-electron chi connectivity index (χ2n) is 10.4. The van der Waals surface area contributed by atoms with Crippen LogP contribution in [0.3, 0.4) is 0 Å². The number of carbonyl (C=O) groups is 1. The van der Waals surface area contributed by atoms with Crippen molar-refractivity contribution in [3.05, 3.63) is 72.5 Å². The zero-order valence-corrected chi connectivity index (χ0v) is 22.9. The fourth-order valence-corrected chi connectivity index (χ4v) is 5.05. The van der Waals surface area contributed by atoms with Gasteiger partial charge in [0.1, 0.15) is 17.9 Å². The van der Waals surface area contributed by atoms with Gasteiger partial charge in [-0.2, -0.15) is 5.26 Å². The summed E-state index contributed by atoms with van der Waals surface area (Å²) in [4.78, 5) is 19.9. The molecule has 2 aromatic carbocycles. The summed E-state index contributed by atoms with van der Waals surface area (Å²) in [5, 5.41) is 17.0. The van der Waals surface area contributed by atoms with E-state index in [4.69, 9.17) is 9.47 Å². The van der Waals surface area contributed by atoms with Gasteiger partial charge in [0.15, 0.2) is 0 Å². The van der Waals surface area contributed by atoms with Crippen LogP contribution in [0.2, 0.25) is 0 Å². The lowest BCUT2D eigenvalue weighted by Gasteiger charge is -2.24. The van der Waals surface area contributed by atoms with E-state index in [0.717, 1.165) is 42.9 Å². The third-order valence-electron chi connectivity index (χ3n) is 7.24. The number of anilines is 3. The summed E-state index contributed by atoms with van der Waals surface area (Å²) in [6, 6.07) is 13.8. The molecule has 2 N–H and O–H groups in total. The number of nitriles is 1. The Morgan fingerprint density at radius 1 is 1.27 bits per heavy atom. The first-order chi connectivity index (χ1) is 19.5. The molecule has 206 valence electrons. The SMILES string of the molecule is C=C(C)c1cccc(Nc2c(C#N)cnc3cc(OC4CCOC4)c(NC(=O)C=CCN4CCCCC4)cc23)c1. The summed E-state index contributed by atoms with van der Waals surface area (Å²) in [7, 11) is 0. The number of piperidine rings is 1. The van der Waals surface area contributed by atoms with Crippen molar-refractivity contribution in [1.82, 2.24) is 9.88 Å². The zero-order chi connectivity index (χ0) is 27.9. The number of nitrogens with zero attached hydrogens (tertiary/aromatic N) is 3. The van der Waals surface area contributed by atoms with Crippen molar-refractivity contribution < 1.29 is 14.3 Å². The molecule has 3 heterocycles. The second kappa shape index (κ2) is 12.8. The minimum atomic E-state index is -0.239. The average molecular weight is 538 g/mol. The van der Waals surface area contributed by atoms with E-state index in [9.17, 15) is 10.1 Å². The quantitative estimate of drug-likeness (QED) is 0.322. The van der Waals surface area contributed by atoms with Crippen molar-refractivity contribution in [2.45, 2.75) is 38.7 Å². The Morgan fingerprint density at radius 2 is 2.12 bits per heavy atom. The molecular weight excluding hydrogens is 502 g/mol. The van der Waals surface area contributed by atoms with Crippen molar-refractivity contribution in [3.8, 4) is 11.8 Å². The minimum absolute atomic E-state index is 0.108. The van der Waals surface area contributed by atoms with Gasteiger partial charge in [0.2, 0.25) is 5.91 Å². The van der Waals surface area contributed by atoms with Crippen LogP contribution in [0.4, 0.5) is 17.1 Å². The second-order valence-corrected chi connectivity index (χ2v) is 10.4. The van der Waals surface area contributed by atoms with Gasteiger partial charge in [-0.25, -0.2) is 0 Å². The summed E-state index contributed by atoms with van der Waals surface area (Å²) in [6.45, 7) is 10.0. The topological polar surface area (TPSA) is 99.5 Å². The fraction of sp³-hybridized carbons (Fsp3) is 0.344. The zero-order valence-electron chi connectivity index (χ0n) is 22.9. The standard InChI is InChI=1S/C32H35N5O3/c1-22(2)23-8-6-9-25(16-23)35-32-24(19-33)20-34-28-18-30(40-26-11-15-39-21-26)29(17-27(28)32)36-31(38)10-7-14-37-12-4-3-5-13-37/h6-10,16-18,20,26H,1,3-5,11-15,21H2,2H3,(H,34,35)(H,36,38). The molecular formula is C32H35N5O3.